The molecule has 3 rings (SSSR count). The minimum absolute atomic E-state index is 0.128. The third kappa shape index (κ3) is 4.24. The summed E-state index contributed by atoms with van der Waals surface area (Å²) in [6, 6.07) is 13.1. The molecular weight excluding hydrogens is 380 g/mol. The van der Waals surface area contributed by atoms with Gasteiger partial charge in [0.15, 0.2) is 5.76 Å². The zero-order valence-electron chi connectivity index (χ0n) is 15.9. The Morgan fingerprint density at radius 2 is 1.79 bits per heavy atom. The van der Waals surface area contributed by atoms with E-state index in [1.807, 2.05) is 18.2 Å². The fraction of sp³-hybridized carbons (Fsp3) is 0.250. The van der Waals surface area contributed by atoms with Gasteiger partial charge in [-0.1, -0.05) is 18.2 Å². The van der Waals surface area contributed by atoms with Gasteiger partial charge in [0.2, 0.25) is 10.0 Å². The summed E-state index contributed by atoms with van der Waals surface area (Å²) < 4.78 is 37.8. The lowest BCUT2D eigenvalue weighted by atomic mass is 10.1. The first-order valence-electron chi connectivity index (χ1n) is 8.75. The number of sulfonamides is 1. The second kappa shape index (κ2) is 8.14. The van der Waals surface area contributed by atoms with Crippen LogP contribution in [0.5, 0.6) is 0 Å². The van der Waals surface area contributed by atoms with E-state index in [0.29, 0.717) is 16.8 Å². The normalized spacial score (nSPS) is 11.9. The topological polar surface area (TPSA) is 97.6 Å². The number of anilines is 1. The van der Waals surface area contributed by atoms with Gasteiger partial charge in [-0.3, -0.25) is 4.79 Å². The Bertz CT molecular complexity index is 1090. The van der Waals surface area contributed by atoms with E-state index in [0.717, 1.165) is 5.39 Å². The highest BCUT2D eigenvalue weighted by molar-refractivity contribution is 7.89. The van der Waals surface area contributed by atoms with Crippen LogP contribution in [0, 0.1) is 0 Å². The average molecular weight is 402 g/mol. The number of fused-ring (bicyclic) bond motifs is 1. The standard InChI is InChI=1S/C20H22N2O5S/c1-13(2)22-28(24,25)15-10-8-14(9-11-15)21-20(23)19-17(12-26-3)16-6-4-5-7-18(16)27-19/h4-11,13,22H,12H2,1-3H3,(H,21,23). The molecule has 1 aromatic heterocycles. The van der Waals surface area contributed by atoms with Gasteiger partial charge in [-0.05, 0) is 44.2 Å². The molecule has 0 aliphatic rings. The fourth-order valence-corrected chi connectivity index (χ4v) is 4.10. The molecule has 7 nitrogen and oxygen atoms in total. The lowest BCUT2D eigenvalue weighted by Gasteiger charge is -2.10. The number of nitrogens with one attached hydrogen (secondary N) is 2. The first-order chi connectivity index (χ1) is 13.3. The van der Waals surface area contributed by atoms with Crippen LogP contribution in [0.3, 0.4) is 0 Å². The molecule has 8 heteroatoms. The number of methoxy groups -OCH3 is 1. The summed E-state index contributed by atoms with van der Waals surface area (Å²) in [5, 5.41) is 3.55. The summed E-state index contributed by atoms with van der Waals surface area (Å²) in [4.78, 5) is 12.8. The first-order valence-corrected chi connectivity index (χ1v) is 10.2. The van der Waals surface area contributed by atoms with Gasteiger partial charge >= 0.3 is 0 Å². The molecule has 0 atom stereocenters. The van der Waals surface area contributed by atoms with E-state index >= 15 is 0 Å². The summed E-state index contributed by atoms with van der Waals surface area (Å²) in [7, 11) is -2.04. The van der Waals surface area contributed by atoms with Gasteiger partial charge in [-0.2, -0.15) is 0 Å². The Morgan fingerprint density at radius 3 is 2.43 bits per heavy atom. The Morgan fingerprint density at radius 1 is 1.11 bits per heavy atom. The summed E-state index contributed by atoms with van der Waals surface area (Å²) in [6.07, 6.45) is 0. The van der Waals surface area contributed by atoms with Crippen molar-refractivity contribution < 1.29 is 22.4 Å². The minimum atomic E-state index is -3.59. The number of hydrogen-bond donors (Lipinski definition) is 2. The predicted octanol–water partition coefficient (Wildman–Crippen LogP) is 3.52. The van der Waals surface area contributed by atoms with Gasteiger partial charge in [-0.25, -0.2) is 13.1 Å². The molecule has 3 aromatic rings. The SMILES string of the molecule is COCc1c(C(=O)Nc2ccc(S(=O)(=O)NC(C)C)cc2)oc2ccccc12. The minimum Gasteiger partial charge on any atom is -0.451 e. The number of amides is 1. The summed E-state index contributed by atoms with van der Waals surface area (Å²) in [6.45, 7) is 3.73. The summed E-state index contributed by atoms with van der Waals surface area (Å²) in [5.41, 5.74) is 1.72. The van der Waals surface area contributed by atoms with Gasteiger partial charge in [0.25, 0.3) is 5.91 Å². The number of furan rings is 1. The molecule has 0 saturated carbocycles. The van der Waals surface area contributed by atoms with Crippen LogP contribution in [0.15, 0.2) is 57.8 Å². The van der Waals surface area contributed by atoms with Crippen molar-refractivity contribution in [2.75, 3.05) is 12.4 Å². The first kappa shape index (κ1) is 20.1. The van der Waals surface area contributed by atoms with Crippen LogP contribution in [0.4, 0.5) is 5.69 Å². The van der Waals surface area contributed by atoms with Crippen molar-refractivity contribution in [3.8, 4) is 0 Å². The van der Waals surface area contributed by atoms with E-state index in [1.165, 1.54) is 24.3 Å². The predicted molar refractivity (Wildman–Crippen MR) is 107 cm³/mol. The molecule has 0 aliphatic carbocycles. The Hall–Kier alpha value is -2.68. The number of ether oxygens (including phenoxy) is 1. The second-order valence-corrected chi connectivity index (χ2v) is 8.31. The maximum atomic E-state index is 12.7. The van der Waals surface area contributed by atoms with Gasteiger partial charge in [0.1, 0.15) is 5.58 Å². The van der Waals surface area contributed by atoms with Crippen LogP contribution < -0.4 is 10.0 Å². The maximum Gasteiger partial charge on any atom is 0.291 e. The average Bonchev–Trinajstić information content (AvgIpc) is 3.00. The third-order valence-electron chi connectivity index (χ3n) is 4.01. The fourth-order valence-electron chi connectivity index (χ4n) is 2.85. The maximum absolute atomic E-state index is 12.7. The zero-order valence-corrected chi connectivity index (χ0v) is 16.7. The lowest BCUT2D eigenvalue weighted by molar-refractivity contribution is 0.0992. The van der Waals surface area contributed by atoms with Crippen molar-refractivity contribution >= 4 is 32.6 Å². The molecule has 2 N–H and O–H groups in total. The number of hydrogen-bond acceptors (Lipinski definition) is 5. The molecule has 0 radical (unpaired) electrons. The Balaban J connectivity index is 1.84. The zero-order chi connectivity index (χ0) is 20.3. The number of carbonyl (C=O) groups is 1. The van der Waals surface area contributed by atoms with Gasteiger partial charge in [-0.15, -0.1) is 0 Å². The summed E-state index contributed by atoms with van der Waals surface area (Å²) >= 11 is 0. The van der Waals surface area contributed by atoms with E-state index in [4.69, 9.17) is 9.15 Å². The molecule has 0 spiro atoms. The molecule has 0 bridgehead atoms. The molecular formula is C20H22N2O5S. The Labute approximate surface area is 163 Å². The highest BCUT2D eigenvalue weighted by atomic mass is 32.2. The van der Waals surface area contributed by atoms with Crippen molar-refractivity contribution in [1.82, 2.24) is 4.72 Å². The largest absolute Gasteiger partial charge is 0.451 e. The molecule has 28 heavy (non-hydrogen) atoms. The van der Waals surface area contributed by atoms with E-state index in [9.17, 15) is 13.2 Å². The molecule has 0 fully saturated rings. The van der Waals surface area contributed by atoms with Crippen LogP contribution in [0.1, 0.15) is 30.0 Å². The second-order valence-electron chi connectivity index (χ2n) is 6.59. The smallest absolute Gasteiger partial charge is 0.291 e. The molecule has 1 amide bonds. The lowest BCUT2D eigenvalue weighted by Crippen LogP contribution is -2.30. The molecule has 1 heterocycles. The highest BCUT2D eigenvalue weighted by Gasteiger charge is 2.21. The van der Waals surface area contributed by atoms with Crippen LogP contribution in [-0.4, -0.2) is 27.5 Å². The van der Waals surface area contributed by atoms with Gasteiger partial charge in [0.05, 0.1) is 11.5 Å². The van der Waals surface area contributed by atoms with Crippen molar-refractivity contribution in [2.24, 2.45) is 0 Å². The summed E-state index contributed by atoms with van der Waals surface area (Å²) in [5.74, 6) is -0.264. The van der Waals surface area contributed by atoms with Gasteiger partial charge < -0.3 is 14.5 Å². The van der Waals surface area contributed by atoms with E-state index in [2.05, 4.69) is 10.0 Å². The monoisotopic (exact) mass is 402 g/mol. The van der Waals surface area contributed by atoms with Crippen molar-refractivity contribution in [1.29, 1.82) is 0 Å². The van der Waals surface area contributed by atoms with Crippen LogP contribution in [0.2, 0.25) is 0 Å². The molecule has 0 unspecified atom stereocenters. The van der Waals surface area contributed by atoms with E-state index in [1.54, 1.807) is 27.0 Å². The van der Waals surface area contributed by atoms with Crippen LogP contribution in [0.25, 0.3) is 11.0 Å². The number of benzene rings is 2. The molecule has 0 aliphatic heterocycles. The van der Waals surface area contributed by atoms with Crippen LogP contribution in [-0.2, 0) is 21.4 Å². The molecule has 2 aromatic carbocycles. The van der Waals surface area contributed by atoms with Crippen molar-refractivity contribution in [3.63, 3.8) is 0 Å². The quantitative estimate of drug-likeness (QED) is 0.630. The Kier molecular flexibility index (Phi) is 5.83. The number of para-hydroxylation sites is 1. The van der Waals surface area contributed by atoms with Crippen molar-refractivity contribution in [3.05, 3.63) is 59.9 Å². The van der Waals surface area contributed by atoms with Crippen LogP contribution >= 0.6 is 0 Å². The highest BCUT2D eigenvalue weighted by Crippen LogP contribution is 2.27. The molecule has 0 saturated heterocycles. The number of carbonyl (C=O) groups excluding carboxylic acids is 1. The van der Waals surface area contributed by atoms with E-state index in [-0.39, 0.29) is 23.3 Å². The third-order valence-corrected chi connectivity index (χ3v) is 5.68. The van der Waals surface area contributed by atoms with E-state index < -0.39 is 15.9 Å². The van der Waals surface area contributed by atoms with Gasteiger partial charge in [0, 0.05) is 29.8 Å². The number of rotatable bonds is 7. The van der Waals surface area contributed by atoms with Crippen molar-refractivity contribution in [2.45, 2.75) is 31.4 Å². The molecule has 148 valence electrons.